The summed E-state index contributed by atoms with van der Waals surface area (Å²) in [5.41, 5.74) is 2.67. The van der Waals surface area contributed by atoms with Crippen LogP contribution in [0.25, 0.3) is 0 Å². The van der Waals surface area contributed by atoms with Gasteiger partial charge in [0.25, 0.3) is 0 Å². The highest BCUT2D eigenvalue weighted by Crippen LogP contribution is 2.31. The Balaban J connectivity index is 2.05. The molecule has 0 heterocycles. The zero-order chi connectivity index (χ0) is 17.5. The maximum Gasteiger partial charge on any atom is 0.224 e. The number of carbonyl (C=O) groups is 1. The number of hydrogen-bond acceptors (Lipinski definition) is 4. The summed E-state index contributed by atoms with van der Waals surface area (Å²) >= 11 is 0. The minimum atomic E-state index is -0.0798. The SMILES string of the molecule is COc1ccc(C)cc1NC(=O)CCc1cccc(OC)c1OC. The molecule has 0 aliphatic heterocycles. The lowest BCUT2D eigenvalue weighted by Crippen LogP contribution is -2.13. The Morgan fingerprint density at radius 3 is 2.42 bits per heavy atom. The molecule has 2 aromatic carbocycles. The maximum absolute atomic E-state index is 12.3. The number of benzene rings is 2. The van der Waals surface area contributed by atoms with Gasteiger partial charge in [-0.3, -0.25) is 4.79 Å². The largest absolute Gasteiger partial charge is 0.495 e. The highest BCUT2D eigenvalue weighted by Gasteiger charge is 2.12. The second-order valence-corrected chi connectivity index (χ2v) is 5.40. The van der Waals surface area contributed by atoms with Gasteiger partial charge in [-0.1, -0.05) is 18.2 Å². The number of aryl methyl sites for hydroxylation is 2. The van der Waals surface area contributed by atoms with E-state index in [2.05, 4.69) is 5.32 Å². The van der Waals surface area contributed by atoms with Crippen molar-refractivity contribution in [1.82, 2.24) is 0 Å². The molecule has 24 heavy (non-hydrogen) atoms. The van der Waals surface area contributed by atoms with Crippen molar-refractivity contribution in [2.75, 3.05) is 26.6 Å². The number of carbonyl (C=O) groups excluding carboxylic acids is 1. The zero-order valence-corrected chi connectivity index (χ0v) is 14.5. The molecule has 1 N–H and O–H groups in total. The van der Waals surface area contributed by atoms with Crippen molar-refractivity contribution in [2.24, 2.45) is 0 Å². The number of nitrogens with one attached hydrogen (secondary N) is 1. The number of anilines is 1. The number of para-hydroxylation sites is 1. The van der Waals surface area contributed by atoms with Gasteiger partial charge in [0.15, 0.2) is 11.5 Å². The van der Waals surface area contributed by atoms with E-state index in [-0.39, 0.29) is 5.91 Å². The second kappa shape index (κ2) is 8.24. The van der Waals surface area contributed by atoms with Crippen LogP contribution in [0.2, 0.25) is 0 Å². The van der Waals surface area contributed by atoms with E-state index in [4.69, 9.17) is 14.2 Å². The van der Waals surface area contributed by atoms with Gasteiger partial charge in [0.05, 0.1) is 27.0 Å². The van der Waals surface area contributed by atoms with Gasteiger partial charge in [0.1, 0.15) is 5.75 Å². The summed E-state index contributed by atoms with van der Waals surface area (Å²) in [6.07, 6.45) is 0.890. The minimum absolute atomic E-state index is 0.0798. The van der Waals surface area contributed by atoms with Crippen LogP contribution in [0.4, 0.5) is 5.69 Å². The predicted octanol–water partition coefficient (Wildman–Crippen LogP) is 3.59. The van der Waals surface area contributed by atoms with E-state index in [9.17, 15) is 4.79 Å². The van der Waals surface area contributed by atoms with Crippen molar-refractivity contribution in [1.29, 1.82) is 0 Å². The zero-order valence-electron chi connectivity index (χ0n) is 14.5. The Bertz CT molecular complexity index is 713. The first kappa shape index (κ1) is 17.7. The number of hydrogen-bond donors (Lipinski definition) is 1. The van der Waals surface area contributed by atoms with Gasteiger partial charge in [0, 0.05) is 6.42 Å². The van der Waals surface area contributed by atoms with Crippen LogP contribution in [0.3, 0.4) is 0 Å². The molecule has 0 aliphatic carbocycles. The molecule has 128 valence electrons. The molecule has 0 bridgehead atoms. The van der Waals surface area contributed by atoms with Crippen molar-refractivity contribution in [3.05, 3.63) is 47.5 Å². The molecule has 2 aromatic rings. The van der Waals surface area contributed by atoms with Crippen molar-refractivity contribution in [3.63, 3.8) is 0 Å². The van der Waals surface area contributed by atoms with Gasteiger partial charge in [-0.2, -0.15) is 0 Å². The molecule has 5 nitrogen and oxygen atoms in total. The molecule has 1 amide bonds. The summed E-state index contributed by atoms with van der Waals surface area (Å²) in [6.45, 7) is 1.97. The maximum atomic E-state index is 12.3. The van der Waals surface area contributed by atoms with Gasteiger partial charge in [-0.05, 0) is 42.7 Å². The van der Waals surface area contributed by atoms with Gasteiger partial charge in [0.2, 0.25) is 5.91 Å². The third-order valence-electron chi connectivity index (χ3n) is 3.73. The third kappa shape index (κ3) is 4.19. The van der Waals surface area contributed by atoms with Crippen LogP contribution in [-0.4, -0.2) is 27.2 Å². The first-order valence-corrected chi connectivity index (χ1v) is 7.73. The molecule has 2 rings (SSSR count). The van der Waals surface area contributed by atoms with Gasteiger partial charge in [-0.15, -0.1) is 0 Å². The Hall–Kier alpha value is -2.69. The first-order valence-electron chi connectivity index (χ1n) is 7.73. The van der Waals surface area contributed by atoms with Gasteiger partial charge < -0.3 is 19.5 Å². The Labute approximate surface area is 142 Å². The van der Waals surface area contributed by atoms with E-state index < -0.39 is 0 Å². The van der Waals surface area contributed by atoms with Crippen molar-refractivity contribution < 1.29 is 19.0 Å². The van der Waals surface area contributed by atoms with Crippen LogP contribution in [0.1, 0.15) is 17.5 Å². The molecule has 0 spiro atoms. The van der Waals surface area contributed by atoms with Gasteiger partial charge in [-0.25, -0.2) is 0 Å². The molecular weight excluding hydrogens is 306 g/mol. The van der Waals surface area contributed by atoms with Crippen LogP contribution in [0.5, 0.6) is 17.2 Å². The molecule has 0 radical (unpaired) electrons. The van der Waals surface area contributed by atoms with E-state index in [1.807, 2.05) is 43.3 Å². The van der Waals surface area contributed by atoms with Crippen LogP contribution >= 0.6 is 0 Å². The average molecular weight is 329 g/mol. The summed E-state index contributed by atoms with van der Waals surface area (Å²) in [6, 6.07) is 11.3. The lowest BCUT2D eigenvalue weighted by Gasteiger charge is -2.13. The summed E-state index contributed by atoms with van der Waals surface area (Å²) in [4.78, 5) is 12.3. The number of methoxy groups -OCH3 is 3. The summed E-state index contributed by atoms with van der Waals surface area (Å²) < 4.78 is 16.0. The molecular formula is C19H23NO4. The lowest BCUT2D eigenvalue weighted by molar-refractivity contribution is -0.116. The molecule has 0 atom stereocenters. The molecule has 0 saturated carbocycles. The minimum Gasteiger partial charge on any atom is -0.495 e. The summed E-state index contributed by atoms with van der Waals surface area (Å²) in [5, 5.41) is 2.90. The normalized spacial score (nSPS) is 10.2. The Morgan fingerprint density at radius 1 is 1.00 bits per heavy atom. The number of rotatable bonds is 7. The third-order valence-corrected chi connectivity index (χ3v) is 3.73. The second-order valence-electron chi connectivity index (χ2n) is 5.40. The van der Waals surface area contributed by atoms with Crippen molar-refractivity contribution in [3.8, 4) is 17.2 Å². The number of ether oxygens (including phenoxy) is 3. The van der Waals surface area contributed by atoms with Crippen LogP contribution < -0.4 is 19.5 Å². The van der Waals surface area contributed by atoms with Crippen molar-refractivity contribution >= 4 is 11.6 Å². The average Bonchev–Trinajstić information content (AvgIpc) is 2.59. The first-order chi connectivity index (χ1) is 11.6. The molecule has 0 aromatic heterocycles. The van der Waals surface area contributed by atoms with Crippen molar-refractivity contribution in [2.45, 2.75) is 19.8 Å². The topological polar surface area (TPSA) is 56.8 Å². The predicted molar refractivity (Wildman–Crippen MR) is 94.2 cm³/mol. The molecule has 0 aliphatic rings. The molecule has 0 fully saturated rings. The van der Waals surface area contributed by atoms with Crippen LogP contribution in [-0.2, 0) is 11.2 Å². The fourth-order valence-electron chi connectivity index (χ4n) is 2.53. The van der Waals surface area contributed by atoms with E-state index in [0.717, 1.165) is 11.1 Å². The monoisotopic (exact) mass is 329 g/mol. The van der Waals surface area contributed by atoms with Gasteiger partial charge >= 0.3 is 0 Å². The fourth-order valence-corrected chi connectivity index (χ4v) is 2.53. The highest BCUT2D eigenvalue weighted by atomic mass is 16.5. The molecule has 5 heteroatoms. The van der Waals surface area contributed by atoms with E-state index in [1.54, 1.807) is 21.3 Å². The Kier molecular flexibility index (Phi) is 6.07. The van der Waals surface area contributed by atoms with Crippen LogP contribution in [0.15, 0.2) is 36.4 Å². The fraction of sp³-hybridized carbons (Fsp3) is 0.316. The Morgan fingerprint density at radius 2 is 1.75 bits per heavy atom. The molecule has 0 unspecified atom stereocenters. The van der Waals surface area contributed by atoms with E-state index >= 15 is 0 Å². The molecule has 0 saturated heterocycles. The lowest BCUT2D eigenvalue weighted by atomic mass is 10.1. The van der Waals surface area contributed by atoms with Crippen LogP contribution in [0, 0.1) is 6.92 Å². The summed E-state index contributed by atoms with van der Waals surface area (Å²) in [5.74, 6) is 1.90. The highest BCUT2D eigenvalue weighted by molar-refractivity contribution is 5.92. The standard InChI is InChI=1S/C19H23NO4/c1-13-8-10-16(22-2)15(12-13)20-18(21)11-9-14-6-5-7-17(23-3)19(14)24-4/h5-8,10,12H,9,11H2,1-4H3,(H,20,21). The quantitative estimate of drug-likeness (QED) is 0.843. The van der Waals surface area contributed by atoms with E-state index in [0.29, 0.717) is 35.8 Å². The summed E-state index contributed by atoms with van der Waals surface area (Å²) in [7, 11) is 4.78. The number of amides is 1. The smallest absolute Gasteiger partial charge is 0.224 e. The van der Waals surface area contributed by atoms with E-state index in [1.165, 1.54) is 0 Å².